The maximum absolute atomic E-state index is 12.9. The van der Waals surface area contributed by atoms with Crippen LogP contribution in [0.3, 0.4) is 0 Å². The molecule has 0 saturated carbocycles. The van der Waals surface area contributed by atoms with Crippen LogP contribution in [-0.2, 0) is 24.0 Å². The van der Waals surface area contributed by atoms with Crippen molar-refractivity contribution in [1.29, 1.82) is 0 Å². The molecule has 1 fully saturated rings. The number of carbonyl (C=O) groups excluding carboxylic acids is 3. The van der Waals surface area contributed by atoms with Crippen molar-refractivity contribution in [3.05, 3.63) is 0 Å². The molecule has 0 aromatic heterocycles. The minimum Gasteiger partial charge on any atom is -0.481 e. The van der Waals surface area contributed by atoms with Crippen molar-refractivity contribution in [2.24, 2.45) is 11.7 Å². The predicted molar refractivity (Wildman–Crippen MR) is 103 cm³/mol. The molecule has 0 bridgehead atoms. The van der Waals surface area contributed by atoms with Gasteiger partial charge in [0.05, 0.1) is 18.6 Å². The van der Waals surface area contributed by atoms with E-state index in [1.165, 1.54) is 6.92 Å². The summed E-state index contributed by atoms with van der Waals surface area (Å²) in [4.78, 5) is 60.9. The molecule has 1 saturated heterocycles. The lowest BCUT2D eigenvalue weighted by molar-refractivity contribution is -0.149. The van der Waals surface area contributed by atoms with Crippen LogP contribution in [0.1, 0.15) is 40.0 Å². The zero-order chi connectivity index (χ0) is 23.2. The van der Waals surface area contributed by atoms with Crippen LogP contribution in [0.4, 0.5) is 0 Å². The van der Waals surface area contributed by atoms with Gasteiger partial charge in [0.15, 0.2) is 0 Å². The van der Waals surface area contributed by atoms with Crippen LogP contribution in [0.5, 0.6) is 0 Å². The summed E-state index contributed by atoms with van der Waals surface area (Å²) in [6, 6.07) is -4.94. The van der Waals surface area contributed by atoms with Gasteiger partial charge in [-0.05, 0) is 25.7 Å². The van der Waals surface area contributed by atoms with Gasteiger partial charge in [-0.2, -0.15) is 0 Å². The molecule has 1 heterocycles. The summed E-state index contributed by atoms with van der Waals surface area (Å²) in [6.45, 7) is 4.91. The van der Waals surface area contributed by atoms with Gasteiger partial charge in [0.2, 0.25) is 17.7 Å². The van der Waals surface area contributed by atoms with E-state index in [2.05, 4.69) is 10.6 Å². The van der Waals surface area contributed by atoms with Gasteiger partial charge in [-0.1, -0.05) is 13.8 Å². The number of nitrogens with one attached hydrogen (secondary N) is 2. The highest BCUT2D eigenvalue weighted by Crippen LogP contribution is 2.20. The molecule has 12 heteroatoms. The quantitative estimate of drug-likeness (QED) is 0.224. The Morgan fingerprint density at radius 2 is 1.70 bits per heavy atom. The standard InChI is InChI=1S/C18H30N4O8/c1-8(2)13(19)16(27)21-14(9(3)23)17(28)22-6-4-5-11(22)15(26)20-10(18(29)30)7-12(24)25/h8-11,13-14,23H,4-7,19H2,1-3H3,(H,20,26)(H,21,27)(H,24,25)(H,29,30)/t9-,10+,11+,13+,14+/m1/s1. The van der Waals surface area contributed by atoms with Crippen molar-refractivity contribution in [3.8, 4) is 0 Å². The van der Waals surface area contributed by atoms with Crippen molar-refractivity contribution >= 4 is 29.7 Å². The van der Waals surface area contributed by atoms with E-state index >= 15 is 0 Å². The van der Waals surface area contributed by atoms with Crippen LogP contribution < -0.4 is 16.4 Å². The fourth-order valence-corrected chi connectivity index (χ4v) is 3.07. The number of rotatable bonds is 10. The predicted octanol–water partition coefficient (Wildman–Crippen LogP) is -2.13. The fraction of sp³-hybridized carbons (Fsp3) is 0.722. The maximum Gasteiger partial charge on any atom is 0.326 e. The number of carbonyl (C=O) groups is 5. The highest BCUT2D eigenvalue weighted by atomic mass is 16.4. The van der Waals surface area contributed by atoms with Gasteiger partial charge in [0.1, 0.15) is 18.1 Å². The van der Waals surface area contributed by atoms with Gasteiger partial charge in [-0.3, -0.25) is 19.2 Å². The molecular formula is C18H30N4O8. The van der Waals surface area contributed by atoms with Gasteiger partial charge in [0, 0.05) is 6.54 Å². The number of carboxylic acid groups (broad SMARTS) is 2. The van der Waals surface area contributed by atoms with Gasteiger partial charge < -0.3 is 36.6 Å². The molecule has 170 valence electrons. The second kappa shape index (κ2) is 10.9. The first-order chi connectivity index (χ1) is 13.9. The number of hydrogen-bond acceptors (Lipinski definition) is 7. The van der Waals surface area contributed by atoms with Gasteiger partial charge >= 0.3 is 11.9 Å². The third-order valence-corrected chi connectivity index (χ3v) is 4.90. The van der Waals surface area contributed by atoms with E-state index in [-0.39, 0.29) is 18.9 Å². The Morgan fingerprint density at radius 3 is 2.17 bits per heavy atom. The van der Waals surface area contributed by atoms with Gasteiger partial charge in [-0.25, -0.2) is 4.79 Å². The molecule has 3 amide bonds. The molecule has 0 aromatic rings. The summed E-state index contributed by atoms with van der Waals surface area (Å²) in [5.74, 6) is -5.28. The molecule has 0 aliphatic carbocycles. The van der Waals surface area contributed by atoms with Gasteiger partial charge in [0.25, 0.3) is 0 Å². The Labute approximate surface area is 173 Å². The molecule has 5 atom stereocenters. The zero-order valence-corrected chi connectivity index (χ0v) is 17.2. The van der Waals surface area contributed by atoms with Crippen molar-refractivity contribution in [3.63, 3.8) is 0 Å². The number of carboxylic acids is 2. The van der Waals surface area contributed by atoms with Crippen LogP contribution in [0.2, 0.25) is 0 Å². The Hall–Kier alpha value is -2.73. The first-order valence-electron chi connectivity index (χ1n) is 9.66. The Bertz CT molecular complexity index is 681. The second-order valence-corrected chi connectivity index (χ2v) is 7.68. The number of nitrogens with two attached hydrogens (primary N) is 1. The van der Waals surface area contributed by atoms with Gasteiger partial charge in [-0.15, -0.1) is 0 Å². The molecule has 0 spiro atoms. The molecule has 0 aromatic carbocycles. The Kier molecular flexibility index (Phi) is 9.18. The number of hydrogen-bond donors (Lipinski definition) is 6. The third-order valence-electron chi connectivity index (χ3n) is 4.90. The minimum absolute atomic E-state index is 0.156. The molecule has 1 aliphatic rings. The van der Waals surface area contributed by atoms with E-state index in [1.807, 2.05) is 0 Å². The van der Waals surface area contributed by atoms with E-state index < -0.39 is 66.4 Å². The lowest BCUT2D eigenvalue weighted by Crippen LogP contribution is -2.60. The average molecular weight is 430 g/mol. The summed E-state index contributed by atoms with van der Waals surface area (Å²) in [6.07, 6.45) is -1.43. The van der Waals surface area contributed by atoms with Crippen molar-refractivity contribution in [1.82, 2.24) is 15.5 Å². The van der Waals surface area contributed by atoms with Crippen molar-refractivity contribution in [2.45, 2.75) is 70.3 Å². The summed E-state index contributed by atoms with van der Waals surface area (Å²) in [5.41, 5.74) is 5.77. The first kappa shape index (κ1) is 25.3. The van der Waals surface area contributed by atoms with E-state index in [9.17, 15) is 29.1 Å². The van der Waals surface area contributed by atoms with E-state index in [0.29, 0.717) is 6.42 Å². The molecule has 1 aliphatic heterocycles. The molecule has 12 nitrogen and oxygen atoms in total. The normalized spacial score (nSPS) is 20.2. The number of aliphatic hydroxyl groups excluding tert-OH is 1. The highest BCUT2D eigenvalue weighted by Gasteiger charge is 2.40. The SMILES string of the molecule is CC(C)[C@H](N)C(=O)N[C@H](C(=O)N1CCC[C@H]1C(=O)N[C@@H](CC(=O)O)C(=O)O)[C@@H](C)O. The summed E-state index contributed by atoms with van der Waals surface area (Å²) < 4.78 is 0. The molecule has 0 radical (unpaired) electrons. The van der Waals surface area contributed by atoms with Crippen LogP contribution in [0, 0.1) is 5.92 Å². The topological polar surface area (TPSA) is 199 Å². The van der Waals surface area contributed by atoms with Crippen LogP contribution in [0.25, 0.3) is 0 Å². The summed E-state index contributed by atoms with van der Waals surface area (Å²) in [7, 11) is 0. The number of aliphatic carboxylic acids is 2. The highest BCUT2D eigenvalue weighted by molar-refractivity contribution is 5.95. The largest absolute Gasteiger partial charge is 0.481 e. The van der Waals surface area contributed by atoms with Crippen molar-refractivity contribution < 1.29 is 39.3 Å². The van der Waals surface area contributed by atoms with Crippen LogP contribution in [0.15, 0.2) is 0 Å². The van der Waals surface area contributed by atoms with Crippen LogP contribution in [-0.4, -0.2) is 86.7 Å². The lowest BCUT2D eigenvalue weighted by Gasteiger charge is -2.31. The molecule has 0 unspecified atom stereocenters. The smallest absolute Gasteiger partial charge is 0.326 e. The number of aliphatic hydroxyl groups is 1. The van der Waals surface area contributed by atoms with E-state index in [1.54, 1.807) is 13.8 Å². The minimum atomic E-state index is -1.65. The fourth-order valence-electron chi connectivity index (χ4n) is 3.07. The lowest BCUT2D eigenvalue weighted by atomic mass is 10.0. The number of nitrogens with zero attached hydrogens (tertiary/aromatic N) is 1. The Morgan fingerprint density at radius 1 is 1.10 bits per heavy atom. The zero-order valence-electron chi connectivity index (χ0n) is 17.2. The first-order valence-corrected chi connectivity index (χ1v) is 9.66. The summed E-state index contributed by atoms with van der Waals surface area (Å²) >= 11 is 0. The molecule has 30 heavy (non-hydrogen) atoms. The second-order valence-electron chi connectivity index (χ2n) is 7.68. The monoisotopic (exact) mass is 430 g/mol. The molecular weight excluding hydrogens is 400 g/mol. The maximum atomic E-state index is 12.9. The summed E-state index contributed by atoms with van der Waals surface area (Å²) in [5, 5.41) is 32.4. The third kappa shape index (κ3) is 6.66. The Balaban J connectivity index is 2.94. The van der Waals surface area contributed by atoms with Crippen molar-refractivity contribution in [2.75, 3.05) is 6.54 Å². The van der Waals surface area contributed by atoms with E-state index in [0.717, 1.165) is 4.90 Å². The molecule has 1 rings (SSSR count). The van der Waals surface area contributed by atoms with E-state index in [4.69, 9.17) is 15.9 Å². The molecule has 7 N–H and O–H groups in total. The average Bonchev–Trinajstić information content (AvgIpc) is 3.13. The number of amides is 3. The number of likely N-dealkylation sites (tertiary alicyclic amines) is 1. The van der Waals surface area contributed by atoms with Crippen LogP contribution >= 0.6 is 0 Å².